The van der Waals surface area contributed by atoms with Crippen molar-refractivity contribution < 1.29 is 15.0 Å². The number of nitrogens with two attached hydrogens (primary N) is 1. The number of unbranched alkanes of at least 4 members (excludes halogenated alkanes) is 2. The maximum atomic E-state index is 10.4. The van der Waals surface area contributed by atoms with E-state index in [9.17, 15) is 9.90 Å². The lowest BCUT2D eigenvalue weighted by molar-refractivity contribution is -0.137. The minimum absolute atomic E-state index is 0.266. The van der Waals surface area contributed by atoms with Crippen LogP contribution in [-0.4, -0.2) is 33.4 Å². The molecule has 1 unspecified atom stereocenters. The zero-order chi connectivity index (χ0) is 11.0. The SMILES string of the molecule is CCCCCC(O)SC[C@H](N)C(=O)O. The minimum atomic E-state index is -1.02. The molecule has 0 amide bonds. The first-order valence-electron chi connectivity index (χ1n) is 4.86. The Balaban J connectivity index is 3.43. The number of aliphatic hydroxyl groups is 1. The van der Waals surface area contributed by atoms with Crippen molar-refractivity contribution in [3.63, 3.8) is 0 Å². The van der Waals surface area contributed by atoms with E-state index in [1.807, 2.05) is 0 Å². The highest BCUT2D eigenvalue weighted by Crippen LogP contribution is 2.15. The fourth-order valence-electron chi connectivity index (χ4n) is 0.938. The molecule has 0 aliphatic heterocycles. The van der Waals surface area contributed by atoms with Crippen molar-refractivity contribution in [2.24, 2.45) is 5.73 Å². The second-order valence-corrected chi connectivity index (χ2v) is 4.44. The molecule has 0 aromatic carbocycles. The van der Waals surface area contributed by atoms with Crippen molar-refractivity contribution in [1.82, 2.24) is 0 Å². The summed E-state index contributed by atoms with van der Waals surface area (Å²) < 4.78 is 0. The zero-order valence-corrected chi connectivity index (χ0v) is 9.30. The van der Waals surface area contributed by atoms with Gasteiger partial charge in [0.15, 0.2) is 0 Å². The molecule has 0 saturated carbocycles. The molecule has 5 heteroatoms. The van der Waals surface area contributed by atoms with Crippen LogP contribution < -0.4 is 5.73 Å². The van der Waals surface area contributed by atoms with Crippen LogP contribution in [0.2, 0.25) is 0 Å². The third-order valence-corrected chi connectivity index (χ3v) is 3.01. The summed E-state index contributed by atoms with van der Waals surface area (Å²) >= 11 is 1.21. The van der Waals surface area contributed by atoms with Crippen molar-refractivity contribution in [1.29, 1.82) is 0 Å². The van der Waals surface area contributed by atoms with Gasteiger partial charge in [-0.25, -0.2) is 0 Å². The van der Waals surface area contributed by atoms with Gasteiger partial charge in [-0.15, -0.1) is 11.8 Å². The van der Waals surface area contributed by atoms with Crippen molar-refractivity contribution in [3.05, 3.63) is 0 Å². The normalized spacial score (nSPS) is 15.1. The molecule has 0 spiro atoms. The molecular formula is C9H19NO3S. The van der Waals surface area contributed by atoms with Gasteiger partial charge in [-0.1, -0.05) is 26.2 Å². The standard InChI is InChI=1S/C9H19NO3S/c1-2-3-4-5-8(11)14-6-7(10)9(12)13/h7-8,11H,2-6,10H2,1H3,(H,12,13)/t7-,8?/m0/s1. The number of aliphatic carboxylic acids is 1. The number of hydrogen-bond donors (Lipinski definition) is 3. The highest BCUT2D eigenvalue weighted by atomic mass is 32.2. The Bertz CT molecular complexity index is 166. The van der Waals surface area contributed by atoms with Crippen LogP contribution in [0, 0.1) is 0 Å². The van der Waals surface area contributed by atoms with Gasteiger partial charge in [0.2, 0.25) is 0 Å². The summed E-state index contributed by atoms with van der Waals surface area (Å²) in [6.07, 6.45) is 3.91. The summed E-state index contributed by atoms with van der Waals surface area (Å²) in [6, 6.07) is -0.874. The van der Waals surface area contributed by atoms with Gasteiger partial charge in [-0.2, -0.15) is 0 Å². The van der Waals surface area contributed by atoms with Crippen molar-refractivity contribution in [2.75, 3.05) is 5.75 Å². The van der Waals surface area contributed by atoms with Crippen LogP contribution in [0.3, 0.4) is 0 Å². The summed E-state index contributed by atoms with van der Waals surface area (Å²) in [5.41, 5.74) is 4.81. The molecule has 0 saturated heterocycles. The lowest BCUT2D eigenvalue weighted by Gasteiger charge is -2.11. The quantitative estimate of drug-likeness (QED) is 0.421. The molecule has 2 atom stereocenters. The number of hydrogen-bond acceptors (Lipinski definition) is 4. The predicted octanol–water partition coefficient (Wildman–Crippen LogP) is 1.03. The van der Waals surface area contributed by atoms with E-state index in [1.54, 1.807) is 0 Å². The molecule has 0 bridgehead atoms. The maximum absolute atomic E-state index is 10.4. The Kier molecular flexibility index (Phi) is 7.93. The van der Waals surface area contributed by atoms with E-state index in [0.29, 0.717) is 6.42 Å². The average molecular weight is 221 g/mol. The molecule has 0 radical (unpaired) electrons. The lowest BCUT2D eigenvalue weighted by Crippen LogP contribution is -2.33. The fraction of sp³-hybridized carbons (Fsp3) is 0.889. The van der Waals surface area contributed by atoms with Crippen LogP contribution in [0.25, 0.3) is 0 Å². The highest BCUT2D eigenvalue weighted by Gasteiger charge is 2.13. The first kappa shape index (κ1) is 13.7. The maximum Gasteiger partial charge on any atom is 0.321 e. The smallest absolute Gasteiger partial charge is 0.321 e. The summed E-state index contributed by atoms with van der Waals surface area (Å²) in [7, 11) is 0. The molecule has 0 aromatic rings. The van der Waals surface area contributed by atoms with E-state index >= 15 is 0 Å². The molecule has 0 rings (SSSR count). The number of carboxylic acids is 1. The van der Waals surface area contributed by atoms with Gasteiger partial charge in [-0.3, -0.25) is 4.79 Å². The lowest BCUT2D eigenvalue weighted by atomic mass is 10.2. The summed E-state index contributed by atoms with van der Waals surface area (Å²) in [6.45, 7) is 2.10. The van der Waals surface area contributed by atoms with Crippen LogP contribution in [0.4, 0.5) is 0 Å². The van der Waals surface area contributed by atoms with E-state index in [1.165, 1.54) is 11.8 Å². The zero-order valence-electron chi connectivity index (χ0n) is 8.48. The Morgan fingerprint density at radius 1 is 1.50 bits per heavy atom. The van der Waals surface area contributed by atoms with Crippen LogP contribution in [-0.2, 0) is 4.79 Å². The molecule has 0 aromatic heterocycles. The van der Waals surface area contributed by atoms with E-state index in [-0.39, 0.29) is 5.75 Å². The topological polar surface area (TPSA) is 83.5 Å². The summed E-state index contributed by atoms with van der Waals surface area (Å²) in [5, 5.41) is 17.9. The first-order chi connectivity index (χ1) is 6.57. The third kappa shape index (κ3) is 7.17. The molecule has 84 valence electrons. The second kappa shape index (κ2) is 8.08. The largest absolute Gasteiger partial charge is 0.480 e. The summed E-state index contributed by atoms with van der Waals surface area (Å²) in [5.74, 6) is -0.749. The molecule has 0 fully saturated rings. The Morgan fingerprint density at radius 2 is 2.14 bits per heavy atom. The van der Waals surface area contributed by atoms with E-state index < -0.39 is 17.4 Å². The van der Waals surface area contributed by atoms with E-state index in [4.69, 9.17) is 10.8 Å². The molecule has 4 N–H and O–H groups in total. The molecule has 14 heavy (non-hydrogen) atoms. The van der Waals surface area contributed by atoms with Gasteiger partial charge in [0.25, 0.3) is 0 Å². The highest BCUT2D eigenvalue weighted by molar-refractivity contribution is 7.99. The van der Waals surface area contributed by atoms with Gasteiger partial charge in [-0.05, 0) is 6.42 Å². The number of rotatable bonds is 8. The van der Waals surface area contributed by atoms with Gasteiger partial charge in [0.05, 0.1) is 5.44 Å². The predicted molar refractivity (Wildman–Crippen MR) is 58.2 cm³/mol. The van der Waals surface area contributed by atoms with E-state index in [2.05, 4.69) is 6.92 Å². The number of carboxylic acid groups (broad SMARTS) is 1. The fourth-order valence-corrected chi connectivity index (χ4v) is 1.84. The molecule has 0 heterocycles. The Morgan fingerprint density at radius 3 is 2.64 bits per heavy atom. The van der Waals surface area contributed by atoms with Gasteiger partial charge in [0, 0.05) is 5.75 Å². The molecule has 0 aliphatic rings. The number of thioether (sulfide) groups is 1. The Labute approximate surface area is 88.9 Å². The summed E-state index contributed by atoms with van der Waals surface area (Å²) in [4.78, 5) is 10.4. The minimum Gasteiger partial charge on any atom is -0.480 e. The second-order valence-electron chi connectivity index (χ2n) is 3.23. The van der Waals surface area contributed by atoms with Crippen LogP contribution in [0.1, 0.15) is 32.6 Å². The van der Waals surface area contributed by atoms with E-state index in [0.717, 1.165) is 19.3 Å². The number of aliphatic hydroxyl groups excluding tert-OH is 1. The van der Waals surface area contributed by atoms with Crippen molar-refractivity contribution >= 4 is 17.7 Å². The Hall–Kier alpha value is -0.260. The molecule has 4 nitrogen and oxygen atoms in total. The monoisotopic (exact) mass is 221 g/mol. The van der Waals surface area contributed by atoms with Gasteiger partial charge in [0.1, 0.15) is 6.04 Å². The molecular weight excluding hydrogens is 202 g/mol. The average Bonchev–Trinajstić information content (AvgIpc) is 2.14. The van der Waals surface area contributed by atoms with Crippen LogP contribution >= 0.6 is 11.8 Å². The van der Waals surface area contributed by atoms with Crippen molar-refractivity contribution in [3.8, 4) is 0 Å². The van der Waals surface area contributed by atoms with Crippen molar-refractivity contribution in [2.45, 2.75) is 44.1 Å². The van der Waals surface area contributed by atoms with Crippen LogP contribution in [0.5, 0.6) is 0 Å². The third-order valence-electron chi connectivity index (χ3n) is 1.84. The van der Waals surface area contributed by atoms with Crippen LogP contribution in [0.15, 0.2) is 0 Å². The number of carbonyl (C=O) groups is 1. The van der Waals surface area contributed by atoms with Gasteiger partial charge >= 0.3 is 5.97 Å². The first-order valence-corrected chi connectivity index (χ1v) is 5.90. The van der Waals surface area contributed by atoms with Gasteiger partial charge < -0.3 is 15.9 Å². The molecule has 0 aliphatic carbocycles.